The maximum atomic E-state index is 11.7. The molecule has 1 fully saturated rings. The Balaban J connectivity index is 1.48. The number of amides is 2. The topological polar surface area (TPSA) is 103 Å². The van der Waals surface area contributed by atoms with Crippen LogP contribution in [0.5, 0.6) is 11.5 Å². The van der Waals surface area contributed by atoms with Gasteiger partial charge in [-0.1, -0.05) is 0 Å². The second kappa shape index (κ2) is 5.92. The van der Waals surface area contributed by atoms with E-state index in [4.69, 9.17) is 14.2 Å². The van der Waals surface area contributed by atoms with Gasteiger partial charge in [-0.15, -0.1) is 0 Å². The van der Waals surface area contributed by atoms with Crippen molar-refractivity contribution in [3.63, 3.8) is 0 Å². The molecule has 1 aromatic rings. The summed E-state index contributed by atoms with van der Waals surface area (Å²) >= 11 is 0. The average molecular weight is 306 g/mol. The fraction of sp³-hybridized carbons (Fsp3) is 0.357. The number of fused-ring (bicyclic) bond motifs is 1. The molecule has 0 radical (unpaired) electrons. The predicted octanol–water partition coefficient (Wildman–Crippen LogP) is 0.176. The highest BCUT2D eigenvalue weighted by Crippen LogP contribution is 2.34. The van der Waals surface area contributed by atoms with Crippen LogP contribution in [0.3, 0.4) is 0 Å². The standard InChI is InChI=1S/C14H14N2O6/c17-12-4-2-9(16-12)14(19)20-6-13(18)15-8-1-3-10-11(5-8)22-7-21-10/h1,3,5,9H,2,4,6-7H2,(H,15,18)(H,16,17)/t9-/m1/s1. The Labute approximate surface area is 125 Å². The van der Waals surface area contributed by atoms with Gasteiger partial charge in [-0.05, 0) is 18.6 Å². The van der Waals surface area contributed by atoms with Gasteiger partial charge in [0.15, 0.2) is 18.1 Å². The van der Waals surface area contributed by atoms with Crippen molar-refractivity contribution in [2.75, 3.05) is 18.7 Å². The first-order valence-corrected chi connectivity index (χ1v) is 6.77. The van der Waals surface area contributed by atoms with E-state index in [1.165, 1.54) is 0 Å². The van der Waals surface area contributed by atoms with Crippen LogP contribution in [0.2, 0.25) is 0 Å². The molecule has 8 heteroatoms. The van der Waals surface area contributed by atoms with E-state index in [0.717, 1.165) is 0 Å². The number of hydrogen-bond donors (Lipinski definition) is 2. The fourth-order valence-corrected chi connectivity index (χ4v) is 2.20. The normalized spacial score (nSPS) is 18.7. The fourth-order valence-electron chi connectivity index (χ4n) is 2.20. The minimum absolute atomic E-state index is 0.150. The summed E-state index contributed by atoms with van der Waals surface area (Å²) in [4.78, 5) is 34.4. The van der Waals surface area contributed by atoms with Crippen LogP contribution in [0, 0.1) is 0 Å². The van der Waals surface area contributed by atoms with E-state index in [2.05, 4.69) is 10.6 Å². The summed E-state index contributed by atoms with van der Waals surface area (Å²) in [6.07, 6.45) is 0.685. The molecular weight excluding hydrogens is 292 g/mol. The second-order valence-corrected chi connectivity index (χ2v) is 4.88. The van der Waals surface area contributed by atoms with Gasteiger partial charge in [0, 0.05) is 18.2 Å². The van der Waals surface area contributed by atoms with Crippen molar-refractivity contribution in [3.8, 4) is 11.5 Å². The average Bonchev–Trinajstić information content (AvgIpc) is 3.13. The van der Waals surface area contributed by atoms with E-state index in [1.54, 1.807) is 18.2 Å². The molecular formula is C14H14N2O6. The molecule has 2 aliphatic heterocycles. The van der Waals surface area contributed by atoms with Gasteiger partial charge >= 0.3 is 5.97 Å². The predicted molar refractivity (Wildman–Crippen MR) is 73.3 cm³/mol. The van der Waals surface area contributed by atoms with Gasteiger partial charge in [0.05, 0.1) is 0 Å². The molecule has 0 saturated carbocycles. The summed E-state index contributed by atoms with van der Waals surface area (Å²) in [6, 6.07) is 4.30. The minimum Gasteiger partial charge on any atom is -0.454 e. The smallest absolute Gasteiger partial charge is 0.329 e. The lowest BCUT2D eigenvalue weighted by Crippen LogP contribution is -2.36. The van der Waals surface area contributed by atoms with Gasteiger partial charge < -0.3 is 24.8 Å². The highest BCUT2D eigenvalue weighted by Gasteiger charge is 2.28. The summed E-state index contributed by atoms with van der Waals surface area (Å²) in [5.74, 6) is -0.111. The monoisotopic (exact) mass is 306 g/mol. The molecule has 2 amide bonds. The number of nitrogens with one attached hydrogen (secondary N) is 2. The SMILES string of the molecule is O=C(COC(=O)[C@H]1CCC(=O)N1)Nc1ccc2c(c1)OCO2. The molecule has 1 atom stereocenters. The third kappa shape index (κ3) is 3.11. The summed E-state index contributed by atoms with van der Waals surface area (Å²) in [5.41, 5.74) is 0.513. The van der Waals surface area contributed by atoms with Crippen molar-refractivity contribution >= 4 is 23.5 Å². The van der Waals surface area contributed by atoms with E-state index in [-0.39, 0.29) is 12.7 Å². The van der Waals surface area contributed by atoms with E-state index >= 15 is 0 Å². The number of benzene rings is 1. The Hall–Kier alpha value is -2.77. The summed E-state index contributed by atoms with van der Waals surface area (Å²) in [7, 11) is 0. The Morgan fingerprint density at radius 1 is 1.32 bits per heavy atom. The van der Waals surface area contributed by atoms with Crippen molar-refractivity contribution in [1.82, 2.24) is 5.32 Å². The Bertz CT molecular complexity index is 630. The Kier molecular flexibility index (Phi) is 3.82. The van der Waals surface area contributed by atoms with Crippen molar-refractivity contribution < 1.29 is 28.6 Å². The number of ether oxygens (including phenoxy) is 3. The van der Waals surface area contributed by atoms with Gasteiger partial charge in [-0.25, -0.2) is 4.79 Å². The number of hydrogen-bond acceptors (Lipinski definition) is 6. The number of carbonyl (C=O) groups excluding carboxylic acids is 3. The van der Waals surface area contributed by atoms with Gasteiger partial charge in [0.1, 0.15) is 6.04 Å². The minimum atomic E-state index is -0.661. The zero-order valence-corrected chi connectivity index (χ0v) is 11.6. The van der Waals surface area contributed by atoms with E-state index < -0.39 is 24.5 Å². The molecule has 2 aliphatic rings. The van der Waals surface area contributed by atoms with Crippen LogP contribution < -0.4 is 20.1 Å². The second-order valence-electron chi connectivity index (χ2n) is 4.88. The van der Waals surface area contributed by atoms with Gasteiger partial charge in [0.25, 0.3) is 5.91 Å². The van der Waals surface area contributed by atoms with Crippen LogP contribution in [0.15, 0.2) is 18.2 Å². The van der Waals surface area contributed by atoms with Crippen molar-refractivity contribution in [1.29, 1.82) is 0 Å². The molecule has 22 heavy (non-hydrogen) atoms. The summed E-state index contributed by atoms with van der Waals surface area (Å²) in [5, 5.41) is 5.07. The first-order chi connectivity index (χ1) is 10.6. The number of carbonyl (C=O) groups is 3. The van der Waals surface area contributed by atoms with Crippen molar-refractivity contribution in [3.05, 3.63) is 18.2 Å². The van der Waals surface area contributed by atoms with Crippen LogP contribution in [0.4, 0.5) is 5.69 Å². The third-order valence-electron chi connectivity index (χ3n) is 3.28. The lowest BCUT2D eigenvalue weighted by molar-refractivity contribution is -0.149. The summed E-state index contributed by atoms with van der Waals surface area (Å²) in [6.45, 7) is -0.267. The van der Waals surface area contributed by atoms with Crippen LogP contribution in [0.1, 0.15) is 12.8 Å². The number of esters is 1. The molecule has 0 spiro atoms. The molecule has 8 nitrogen and oxygen atoms in total. The molecule has 1 aromatic carbocycles. The molecule has 3 rings (SSSR count). The number of anilines is 1. The Morgan fingerprint density at radius 3 is 2.91 bits per heavy atom. The van der Waals surface area contributed by atoms with Crippen LogP contribution >= 0.6 is 0 Å². The first-order valence-electron chi connectivity index (χ1n) is 6.77. The first kappa shape index (κ1) is 14.2. The molecule has 2 heterocycles. The lowest BCUT2D eigenvalue weighted by Gasteiger charge is -2.10. The van der Waals surface area contributed by atoms with E-state index in [0.29, 0.717) is 30.0 Å². The Morgan fingerprint density at radius 2 is 2.14 bits per heavy atom. The molecule has 2 N–H and O–H groups in total. The zero-order chi connectivity index (χ0) is 15.5. The highest BCUT2D eigenvalue weighted by atomic mass is 16.7. The molecule has 0 aromatic heterocycles. The summed E-state index contributed by atoms with van der Waals surface area (Å²) < 4.78 is 15.2. The maximum absolute atomic E-state index is 11.7. The van der Waals surface area contributed by atoms with Gasteiger partial charge in [0.2, 0.25) is 12.7 Å². The van der Waals surface area contributed by atoms with Gasteiger partial charge in [-0.3, -0.25) is 9.59 Å². The maximum Gasteiger partial charge on any atom is 0.329 e. The van der Waals surface area contributed by atoms with Crippen LogP contribution in [-0.4, -0.2) is 37.2 Å². The molecule has 116 valence electrons. The zero-order valence-electron chi connectivity index (χ0n) is 11.6. The molecule has 1 saturated heterocycles. The molecule has 0 unspecified atom stereocenters. The molecule has 0 aliphatic carbocycles. The van der Waals surface area contributed by atoms with Crippen molar-refractivity contribution in [2.45, 2.75) is 18.9 Å². The quantitative estimate of drug-likeness (QED) is 0.769. The highest BCUT2D eigenvalue weighted by molar-refractivity contribution is 5.94. The van der Waals surface area contributed by atoms with Crippen LogP contribution in [0.25, 0.3) is 0 Å². The van der Waals surface area contributed by atoms with Gasteiger partial charge in [-0.2, -0.15) is 0 Å². The van der Waals surface area contributed by atoms with Crippen LogP contribution in [-0.2, 0) is 19.1 Å². The van der Waals surface area contributed by atoms with E-state index in [9.17, 15) is 14.4 Å². The lowest BCUT2D eigenvalue weighted by atomic mass is 10.2. The number of rotatable bonds is 4. The van der Waals surface area contributed by atoms with E-state index in [1.807, 2.05) is 0 Å². The van der Waals surface area contributed by atoms with Crippen molar-refractivity contribution in [2.24, 2.45) is 0 Å². The largest absolute Gasteiger partial charge is 0.454 e. The molecule has 0 bridgehead atoms. The third-order valence-corrected chi connectivity index (χ3v) is 3.28.